The van der Waals surface area contributed by atoms with E-state index < -0.39 is 0 Å². The molecule has 1 saturated carbocycles. The van der Waals surface area contributed by atoms with Gasteiger partial charge in [0.2, 0.25) is 0 Å². The summed E-state index contributed by atoms with van der Waals surface area (Å²) in [7, 11) is 0. The molecule has 0 amide bonds. The van der Waals surface area contributed by atoms with Crippen LogP contribution in [-0.2, 0) is 6.42 Å². The minimum atomic E-state index is 0.129. The Morgan fingerprint density at radius 2 is 2.16 bits per heavy atom. The number of nitrogens with zero attached hydrogens (tertiary/aromatic N) is 2. The minimum Gasteiger partial charge on any atom is -0.327 e. The molecular weight excluding hydrogens is 278 g/mol. The van der Waals surface area contributed by atoms with Gasteiger partial charge >= 0.3 is 0 Å². The van der Waals surface area contributed by atoms with Crippen LogP contribution in [0.4, 0.5) is 0 Å². The predicted octanol–water partition coefficient (Wildman–Crippen LogP) is 2.46. The van der Waals surface area contributed by atoms with E-state index in [-0.39, 0.29) is 11.8 Å². The van der Waals surface area contributed by atoms with Crippen molar-refractivity contribution in [1.29, 1.82) is 0 Å². The molecule has 0 aromatic carbocycles. The van der Waals surface area contributed by atoms with Crippen molar-refractivity contribution in [2.45, 2.75) is 38.6 Å². The first-order chi connectivity index (χ1) is 9.04. The van der Waals surface area contributed by atoms with Gasteiger partial charge in [-0.1, -0.05) is 0 Å². The SMILES string of the molecule is Cc1nnc(CC(=O)c2cc(C3CC3N)c(C)s2)s1. The molecule has 2 atom stereocenters. The first-order valence-corrected chi connectivity index (χ1v) is 7.86. The number of nitrogens with two attached hydrogens (primary N) is 1. The normalized spacial score (nSPS) is 21.6. The summed E-state index contributed by atoms with van der Waals surface area (Å²) in [5.41, 5.74) is 7.14. The molecule has 100 valence electrons. The lowest BCUT2D eigenvalue weighted by Crippen LogP contribution is -2.02. The highest BCUT2D eigenvalue weighted by Gasteiger charge is 2.37. The summed E-state index contributed by atoms with van der Waals surface area (Å²) in [5, 5.41) is 9.63. The Morgan fingerprint density at radius 1 is 1.42 bits per heavy atom. The number of aryl methyl sites for hydroxylation is 2. The molecule has 1 aliphatic rings. The lowest BCUT2D eigenvalue weighted by molar-refractivity contribution is 0.0996. The van der Waals surface area contributed by atoms with Gasteiger partial charge in [0.05, 0.1) is 11.3 Å². The average Bonchev–Trinajstić information content (AvgIpc) is 2.75. The third-order valence-corrected chi connectivity index (χ3v) is 5.30. The van der Waals surface area contributed by atoms with E-state index in [1.54, 1.807) is 11.3 Å². The highest BCUT2D eigenvalue weighted by molar-refractivity contribution is 7.14. The third kappa shape index (κ3) is 2.61. The van der Waals surface area contributed by atoms with E-state index in [9.17, 15) is 4.79 Å². The Kier molecular flexibility index (Phi) is 3.24. The molecule has 1 fully saturated rings. The van der Waals surface area contributed by atoms with Crippen molar-refractivity contribution < 1.29 is 4.79 Å². The molecule has 2 aromatic heterocycles. The van der Waals surface area contributed by atoms with Gasteiger partial charge in [0.1, 0.15) is 10.0 Å². The lowest BCUT2D eigenvalue weighted by Gasteiger charge is -1.94. The highest BCUT2D eigenvalue weighted by atomic mass is 32.1. The molecule has 2 unspecified atom stereocenters. The second-order valence-corrected chi connectivity index (χ2v) is 7.47. The maximum Gasteiger partial charge on any atom is 0.179 e. The molecule has 6 heteroatoms. The van der Waals surface area contributed by atoms with Crippen LogP contribution in [0.25, 0.3) is 0 Å². The van der Waals surface area contributed by atoms with E-state index in [0.29, 0.717) is 12.3 Å². The molecular formula is C13H15N3OS2. The average molecular weight is 293 g/mol. The number of aromatic nitrogens is 2. The molecule has 2 N–H and O–H groups in total. The summed E-state index contributed by atoms with van der Waals surface area (Å²) >= 11 is 3.05. The van der Waals surface area contributed by atoms with E-state index in [2.05, 4.69) is 17.1 Å². The number of hydrogen-bond acceptors (Lipinski definition) is 6. The van der Waals surface area contributed by atoms with Crippen LogP contribution >= 0.6 is 22.7 Å². The van der Waals surface area contributed by atoms with Gasteiger partial charge in [0, 0.05) is 16.8 Å². The quantitative estimate of drug-likeness (QED) is 0.879. The van der Waals surface area contributed by atoms with Crippen LogP contribution in [0.15, 0.2) is 6.07 Å². The van der Waals surface area contributed by atoms with Crippen molar-refractivity contribution in [3.8, 4) is 0 Å². The van der Waals surface area contributed by atoms with Crippen LogP contribution < -0.4 is 5.73 Å². The molecule has 1 aliphatic carbocycles. The zero-order chi connectivity index (χ0) is 13.6. The molecule has 19 heavy (non-hydrogen) atoms. The molecule has 0 aliphatic heterocycles. The molecule has 3 rings (SSSR count). The Hall–Kier alpha value is -1.11. The van der Waals surface area contributed by atoms with Crippen molar-refractivity contribution in [1.82, 2.24) is 10.2 Å². The predicted molar refractivity (Wildman–Crippen MR) is 77.1 cm³/mol. The Bertz CT molecular complexity index is 632. The topological polar surface area (TPSA) is 68.9 Å². The van der Waals surface area contributed by atoms with Crippen LogP contribution in [0.1, 0.15) is 42.5 Å². The highest BCUT2D eigenvalue weighted by Crippen LogP contribution is 2.43. The number of hydrogen-bond donors (Lipinski definition) is 1. The van der Waals surface area contributed by atoms with Crippen LogP contribution in [0.2, 0.25) is 0 Å². The van der Waals surface area contributed by atoms with Gasteiger partial charge in [0.25, 0.3) is 0 Å². The molecule has 2 heterocycles. The van der Waals surface area contributed by atoms with Crippen LogP contribution in [0, 0.1) is 13.8 Å². The van der Waals surface area contributed by atoms with Crippen LogP contribution in [-0.4, -0.2) is 22.0 Å². The summed E-state index contributed by atoms with van der Waals surface area (Å²) in [5.74, 6) is 0.589. The van der Waals surface area contributed by atoms with Gasteiger partial charge in [-0.2, -0.15) is 0 Å². The van der Waals surface area contributed by atoms with E-state index in [0.717, 1.165) is 21.3 Å². The molecule has 0 radical (unpaired) electrons. The summed E-state index contributed by atoms with van der Waals surface area (Å²) in [6.07, 6.45) is 1.39. The number of thiophene rings is 1. The third-order valence-electron chi connectivity index (χ3n) is 3.35. The first-order valence-electron chi connectivity index (χ1n) is 6.22. The van der Waals surface area contributed by atoms with Gasteiger partial charge in [-0.15, -0.1) is 32.9 Å². The van der Waals surface area contributed by atoms with Gasteiger partial charge in [-0.25, -0.2) is 0 Å². The van der Waals surface area contributed by atoms with Crippen molar-refractivity contribution in [2.75, 3.05) is 0 Å². The Labute approximate surface area is 119 Å². The Balaban J connectivity index is 1.76. The largest absolute Gasteiger partial charge is 0.327 e. The maximum absolute atomic E-state index is 12.2. The molecule has 0 bridgehead atoms. The van der Waals surface area contributed by atoms with Crippen LogP contribution in [0.3, 0.4) is 0 Å². The van der Waals surface area contributed by atoms with E-state index in [1.807, 2.05) is 13.0 Å². The summed E-state index contributed by atoms with van der Waals surface area (Å²) in [6, 6.07) is 2.30. The van der Waals surface area contributed by atoms with Crippen molar-refractivity contribution in [3.63, 3.8) is 0 Å². The second-order valence-electron chi connectivity index (χ2n) is 4.94. The van der Waals surface area contributed by atoms with Gasteiger partial charge in [-0.3, -0.25) is 4.79 Å². The van der Waals surface area contributed by atoms with Gasteiger partial charge < -0.3 is 5.73 Å². The fourth-order valence-electron chi connectivity index (χ4n) is 2.21. The van der Waals surface area contributed by atoms with Gasteiger partial charge in [-0.05, 0) is 31.9 Å². The van der Waals surface area contributed by atoms with E-state index >= 15 is 0 Å². The number of rotatable bonds is 4. The minimum absolute atomic E-state index is 0.129. The van der Waals surface area contributed by atoms with E-state index in [1.165, 1.54) is 21.8 Å². The van der Waals surface area contributed by atoms with Crippen molar-refractivity contribution >= 4 is 28.5 Å². The number of carbonyl (C=O) groups is 1. The summed E-state index contributed by atoms with van der Waals surface area (Å²) in [6.45, 7) is 3.96. The van der Waals surface area contributed by atoms with Crippen molar-refractivity contribution in [2.24, 2.45) is 5.73 Å². The molecule has 0 saturated heterocycles. The number of ketones is 1. The maximum atomic E-state index is 12.2. The first kappa shape index (κ1) is 12.9. The monoisotopic (exact) mass is 293 g/mol. The molecule has 0 spiro atoms. The zero-order valence-electron chi connectivity index (χ0n) is 10.8. The van der Waals surface area contributed by atoms with Gasteiger partial charge in [0.15, 0.2) is 5.78 Å². The molecule has 2 aromatic rings. The standard InChI is InChI=1S/C13H15N3OS2/c1-6-8(9-3-10(9)14)4-12(18-6)11(17)5-13-16-15-7(2)19-13/h4,9-10H,3,5,14H2,1-2H3. The Morgan fingerprint density at radius 3 is 2.74 bits per heavy atom. The van der Waals surface area contributed by atoms with Crippen molar-refractivity contribution in [3.05, 3.63) is 31.4 Å². The smallest absolute Gasteiger partial charge is 0.179 e. The number of carbonyl (C=O) groups excluding carboxylic acids is 1. The lowest BCUT2D eigenvalue weighted by atomic mass is 10.1. The van der Waals surface area contributed by atoms with Crippen LogP contribution in [0.5, 0.6) is 0 Å². The second kappa shape index (κ2) is 4.77. The van der Waals surface area contributed by atoms with E-state index in [4.69, 9.17) is 5.73 Å². The fourth-order valence-corrected chi connectivity index (χ4v) is 3.94. The fraction of sp³-hybridized carbons (Fsp3) is 0.462. The zero-order valence-corrected chi connectivity index (χ0v) is 12.5. The summed E-state index contributed by atoms with van der Waals surface area (Å²) in [4.78, 5) is 14.3. The molecule has 4 nitrogen and oxygen atoms in total. The summed E-state index contributed by atoms with van der Waals surface area (Å²) < 4.78 is 0. The number of Topliss-reactive ketones (excluding diaryl/α,β-unsaturated/α-hetero) is 1.